The van der Waals surface area contributed by atoms with Crippen molar-refractivity contribution in [1.29, 1.82) is 0 Å². The molecule has 0 aromatic heterocycles. The van der Waals surface area contributed by atoms with Crippen molar-refractivity contribution in [3.8, 4) is 0 Å². The summed E-state index contributed by atoms with van der Waals surface area (Å²) in [6, 6.07) is 13.4. The van der Waals surface area contributed by atoms with Gasteiger partial charge in [-0.25, -0.2) is 0 Å². The second-order valence-corrected chi connectivity index (χ2v) is 5.50. The highest BCUT2D eigenvalue weighted by atomic mass is 35.5. The summed E-state index contributed by atoms with van der Waals surface area (Å²) in [6.45, 7) is 1.56. The number of benzene rings is 2. The van der Waals surface area contributed by atoms with E-state index in [4.69, 9.17) is 28.9 Å². The Labute approximate surface area is 123 Å². The van der Waals surface area contributed by atoms with Gasteiger partial charge in [-0.2, -0.15) is 0 Å². The molecule has 0 unspecified atom stereocenters. The highest BCUT2D eigenvalue weighted by Crippen LogP contribution is 2.22. The summed E-state index contributed by atoms with van der Waals surface area (Å²) in [4.78, 5) is 2.17. The van der Waals surface area contributed by atoms with Gasteiger partial charge in [-0.3, -0.25) is 4.90 Å². The second kappa shape index (κ2) is 6.29. The molecule has 0 saturated heterocycles. The van der Waals surface area contributed by atoms with Crippen molar-refractivity contribution in [1.82, 2.24) is 4.90 Å². The molecule has 0 aliphatic heterocycles. The van der Waals surface area contributed by atoms with Crippen molar-refractivity contribution in [2.24, 2.45) is 0 Å². The lowest BCUT2D eigenvalue weighted by molar-refractivity contribution is 0.319. The summed E-state index contributed by atoms with van der Waals surface area (Å²) in [5, 5.41) is 1.44. The van der Waals surface area contributed by atoms with Crippen LogP contribution in [0.4, 0.5) is 5.69 Å². The van der Waals surface area contributed by atoms with E-state index in [-0.39, 0.29) is 0 Å². The van der Waals surface area contributed by atoms with E-state index in [2.05, 4.69) is 11.0 Å². The van der Waals surface area contributed by atoms with Crippen LogP contribution >= 0.6 is 23.2 Å². The van der Waals surface area contributed by atoms with Gasteiger partial charge >= 0.3 is 0 Å². The summed E-state index contributed by atoms with van der Waals surface area (Å²) in [5.74, 6) is 0. The fourth-order valence-corrected chi connectivity index (χ4v) is 2.39. The van der Waals surface area contributed by atoms with E-state index >= 15 is 0 Å². The van der Waals surface area contributed by atoms with Gasteiger partial charge in [-0.1, -0.05) is 35.3 Å². The van der Waals surface area contributed by atoms with Crippen LogP contribution in [0.2, 0.25) is 10.0 Å². The molecule has 0 saturated carbocycles. The summed E-state index contributed by atoms with van der Waals surface area (Å²) in [7, 11) is 2.04. The third-order valence-corrected chi connectivity index (χ3v) is 3.46. The largest absolute Gasteiger partial charge is 0.399 e. The highest BCUT2D eigenvalue weighted by Gasteiger charge is 2.06. The molecule has 2 N–H and O–H groups in total. The Hall–Kier alpha value is -1.22. The Balaban J connectivity index is 2.05. The minimum atomic E-state index is 0.705. The molecule has 0 spiro atoms. The van der Waals surface area contributed by atoms with E-state index in [1.165, 1.54) is 5.56 Å². The lowest BCUT2D eigenvalue weighted by atomic mass is 10.1. The van der Waals surface area contributed by atoms with Gasteiger partial charge in [0.1, 0.15) is 0 Å². The van der Waals surface area contributed by atoms with Gasteiger partial charge in [0.05, 0.1) is 0 Å². The van der Waals surface area contributed by atoms with Gasteiger partial charge < -0.3 is 5.73 Å². The van der Waals surface area contributed by atoms with Crippen LogP contribution < -0.4 is 5.73 Å². The molecule has 0 bridgehead atoms. The van der Waals surface area contributed by atoms with Crippen LogP contribution in [0.1, 0.15) is 11.1 Å². The van der Waals surface area contributed by atoms with Gasteiger partial charge in [-0.15, -0.1) is 0 Å². The zero-order valence-electron chi connectivity index (χ0n) is 10.7. The zero-order chi connectivity index (χ0) is 13.8. The van der Waals surface area contributed by atoms with Gasteiger partial charge in [0.25, 0.3) is 0 Å². The molecule has 2 aromatic carbocycles. The Bertz CT molecular complexity index is 570. The van der Waals surface area contributed by atoms with Crippen LogP contribution in [-0.2, 0) is 13.1 Å². The van der Waals surface area contributed by atoms with Crippen LogP contribution in [0.3, 0.4) is 0 Å². The molecule has 100 valence electrons. The molecular formula is C15H16Cl2N2. The maximum Gasteiger partial charge on any atom is 0.0452 e. The lowest BCUT2D eigenvalue weighted by Gasteiger charge is -2.18. The van der Waals surface area contributed by atoms with Crippen molar-refractivity contribution in [2.75, 3.05) is 12.8 Å². The first-order valence-electron chi connectivity index (χ1n) is 6.01. The second-order valence-electron chi connectivity index (χ2n) is 4.65. The molecule has 0 heterocycles. The third kappa shape index (κ3) is 4.13. The van der Waals surface area contributed by atoms with Crippen LogP contribution in [0.15, 0.2) is 42.5 Å². The van der Waals surface area contributed by atoms with E-state index in [0.29, 0.717) is 5.02 Å². The minimum absolute atomic E-state index is 0.705. The number of nitrogens with two attached hydrogens (primary N) is 1. The van der Waals surface area contributed by atoms with Crippen molar-refractivity contribution >= 4 is 28.9 Å². The maximum atomic E-state index is 6.16. The number of nitrogen functional groups attached to an aromatic ring is 1. The van der Waals surface area contributed by atoms with Gasteiger partial charge in [0, 0.05) is 28.8 Å². The van der Waals surface area contributed by atoms with E-state index in [9.17, 15) is 0 Å². The first kappa shape index (κ1) is 14.2. The van der Waals surface area contributed by atoms with Crippen LogP contribution in [0.25, 0.3) is 0 Å². The molecule has 2 nitrogen and oxygen atoms in total. The molecule has 19 heavy (non-hydrogen) atoms. The highest BCUT2D eigenvalue weighted by molar-refractivity contribution is 6.33. The molecular weight excluding hydrogens is 279 g/mol. The monoisotopic (exact) mass is 294 g/mol. The lowest BCUT2D eigenvalue weighted by Crippen LogP contribution is -2.17. The molecule has 0 amide bonds. The Morgan fingerprint density at radius 2 is 1.84 bits per heavy atom. The minimum Gasteiger partial charge on any atom is -0.399 e. The SMILES string of the molecule is CN(Cc1cccc(N)c1)Cc1cc(Cl)ccc1Cl. The van der Waals surface area contributed by atoms with Crippen molar-refractivity contribution in [3.63, 3.8) is 0 Å². The van der Waals surface area contributed by atoms with Crippen LogP contribution in [-0.4, -0.2) is 11.9 Å². The first-order valence-corrected chi connectivity index (χ1v) is 6.77. The number of hydrogen-bond acceptors (Lipinski definition) is 2. The maximum absolute atomic E-state index is 6.16. The molecule has 0 radical (unpaired) electrons. The Morgan fingerprint density at radius 1 is 1.05 bits per heavy atom. The normalized spacial score (nSPS) is 10.9. The smallest absolute Gasteiger partial charge is 0.0452 e. The Morgan fingerprint density at radius 3 is 2.58 bits per heavy atom. The average molecular weight is 295 g/mol. The van der Waals surface area contributed by atoms with Crippen LogP contribution in [0.5, 0.6) is 0 Å². The molecule has 0 fully saturated rings. The topological polar surface area (TPSA) is 29.3 Å². The summed E-state index contributed by atoms with van der Waals surface area (Å²) in [6.07, 6.45) is 0. The van der Waals surface area contributed by atoms with Crippen molar-refractivity contribution in [3.05, 3.63) is 63.6 Å². The van der Waals surface area contributed by atoms with Gasteiger partial charge in [0.2, 0.25) is 0 Å². The fraction of sp³-hybridized carbons (Fsp3) is 0.200. The Kier molecular flexibility index (Phi) is 4.70. The van der Waals surface area contributed by atoms with E-state index in [1.54, 1.807) is 6.07 Å². The van der Waals surface area contributed by atoms with E-state index in [0.717, 1.165) is 29.4 Å². The zero-order valence-corrected chi connectivity index (χ0v) is 12.2. The number of rotatable bonds is 4. The number of halogens is 2. The van der Waals surface area contributed by atoms with Gasteiger partial charge in [0.15, 0.2) is 0 Å². The predicted molar refractivity (Wildman–Crippen MR) is 82.5 cm³/mol. The van der Waals surface area contributed by atoms with Crippen LogP contribution in [0, 0.1) is 0 Å². The fourth-order valence-electron chi connectivity index (χ4n) is 2.01. The summed E-state index contributed by atoms with van der Waals surface area (Å²) in [5.41, 5.74) is 8.77. The number of nitrogens with zero attached hydrogens (tertiary/aromatic N) is 1. The molecule has 0 aliphatic rings. The molecule has 4 heteroatoms. The molecule has 2 aromatic rings. The molecule has 2 rings (SSSR count). The van der Waals surface area contributed by atoms with Gasteiger partial charge in [-0.05, 0) is 48.5 Å². The molecule has 0 aliphatic carbocycles. The average Bonchev–Trinajstić information content (AvgIpc) is 2.34. The van der Waals surface area contributed by atoms with Crippen molar-refractivity contribution < 1.29 is 0 Å². The number of hydrogen-bond donors (Lipinski definition) is 1. The van der Waals surface area contributed by atoms with E-state index < -0.39 is 0 Å². The third-order valence-electron chi connectivity index (χ3n) is 2.85. The summed E-state index contributed by atoms with van der Waals surface area (Å²) >= 11 is 12.2. The van der Waals surface area contributed by atoms with E-state index in [1.807, 2.05) is 37.4 Å². The first-order chi connectivity index (χ1) is 9.04. The predicted octanol–water partition coefficient (Wildman–Crippen LogP) is 4.21. The molecule has 0 atom stereocenters. The standard InChI is InChI=1S/C15H16Cl2N2/c1-19(9-11-3-2-4-14(18)7-11)10-12-8-13(16)5-6-15(12)17/h2-8H,9-10,18H2,1H3. The van der Waals surface area contributed by atoms with Crippen molar-refractivity contribution in [2.45, 2.75) is 13.1 Å². The number of anilines is 1. The summed E-state index contributed by atoms with van der Waals surface area (Å²) < 4.78 is 0. The quantitative estimate of drug-likeness (QED) is 0.856.